The van der Waals surface area contributed by atoms with Crippen LogP contribution in [-0.2, 0) is 6.54 Å². The standard InChI is InChI=1S/C23H22F4N4O5/c1-29-19-18(20(33)30(22(29)34)10-3-11-32)31(13-14-6-8-15(24)9-7-14)21(28-19)35-16-4-2-5-17(12-16)36-23(25,26)27/h2,4-9,12,22,32,34H,3,10-11,13H2,1H3. The van der Waals surface area contributed by atoms with Gasteiger partial charge in [0.2, 0.25) is 6.35 Å². The molecule has 0 saturated carbocycles. The van der Waals surface area contributed by atoms with Crippen LogP contribution < -0.4 is 14.4 Å². The van der Waals surface area contributed by atoms with Crippen LogP contribution in [0.1, 0.15) is 22.5 Å². The smallest absolute Gasteiger partial charge is 0.425 e. The van der Waals surface area contributed by atoms with Crippen molar-refractivity contribution in [3.8, 4) is 17.5 Å². The largest absolute Gasteiger partial charge is 0.573 e. The molecule has 0 radical (unpaired) electrons. The molecule has 1 aromatic heterocycles. The van der Waals surface area contributed by atoms with E-state index in [0.29, 0.717) is 5.56 Å². The molecule has 13 heteroatoms. The van der Waals surface area contributed by atoms with Gasteiger partial charge in [0.25, 0.3) is 5.91 Å². The molecule has 1 amide bonds. The van der Waals surface area contributed by atoms with Crippen molar-refractivity contribution in [1.29, 1.82) is 0 Å². The van der Waals surface area contributed by atoms with E-state index in [4.69, 9.17) is 4.74 Å². The molecule has 1 unspecified atom stereocenters. The predicted octanol–water partition coefficient (Wildman–Crippen LogP) is 3.31. The molecule has 0 saturated heterocycles. The molecule has 1 atom stereocenters. The topological polar surface area (TPSA) is 100 Å². The van der Waals surface area contributed by atoms with Crippen LogP contribution in [0.4, 0.5) is 23.4 Å². The van der Waals surface area contributed by atoms with Crippen molar-refractivity contribution in [1.82, 2.24) is 14.5 Å². The number of carbonyl (C=O) groups excluding carboxylic acids is 1. The number of carbonyl (C=O) groups is 1. The van der Waals surface area contributed by atoms with E-state index in [1.54, 1.807) is 0 Å². The van der Waals surface area contributed by atoms with E-state index < -0.39 is 30.2 Å². The van der Waals surface area contributed by atoms with Gasteiger partial charge in [-0.15, -0.1) is 13.2 Å². The molecule has 0 aliphatic carbocycles. The van der Waals surface area contributed by atoms with Crippen molar-refractivity contribution in [2.24, 2.45) is 0 Å². The minimum Gasteiger partial charge on any atom is -0.425 e. The van der Waals surface area contributed by atoms with E-state index in [1.807, 2.05) is 0 Å². The number of hydrogen-bond acceptors (Lipinski definition) is 7. The van der Waals surface area contributed by atoms with Gasteiger partial charge in [-0.3, -0.25) is 14.3 Å². The quantitative estimate of drug-likeness (QED) is 0.449. The second kappa shape index (κ2) is 10.0. The zero-order chi connectivity index (χ0) is 26.0. The number of fused-ring (bicyclic) bond motifs is 1. The van der Waals surface area contributed by atoms with Crippen LogP contribution in [0.2, 0.25) is 0 Å². The van der Waals surface area contributed by atoms with Gasteiger partial charge in [-0.05, 0) is 36.2 Å². The Balaban J connectivity index is 1.76. The lowest BCUT2D eigenvalue weighted by Gasteiger charge is -2.38. The van der Waals surface area contributed by atoms with E-state index in [9.17, 15) is 32.6 Å². The maximum Gasteiger partial charge on any atom is 0.573 e. The zero-order valence-electron chi connectivity index (χ0n) is 18.9. The number of aromatic nitrogens is 2. The summed E-state index contributed by atoms with van der Waals surface area (Å²) < 4.78 is 62.5. The number of aliphatic hydroxyl groups excluding tert-OH is 2. The summed E-state index contributed by atoms with van der Waals surface area (Å²) in [5, 5.41) is 19.8. The summed E-state index contributed by atoms with van der Waals surface area (Å²) in [7, 11) is 1.50. The Morgan fingerprint density at radius 1 is 1.11 bits per heavy atom. The monoisotopic (exact) mass is 510 g/mol. The SMILES string of the molecule is CN1c2nc(Oc3cccc(OC(F)(F)F)c3)n(Cc3ccc(F)cc3)c2C(=O)N(CCCO)C1O. The Labute approximate surface area is 202 Å². The molecule has 0 bridgehead atoms. The van der Waals surface area contributed by atoms with Gasteiger partial charge in [0.15, 0.2) is 11.5 Å². The van der Waals surface area contributed by atoms with Crippen molar-refractivity contribution in [3.05, 3.63) is 65.6 Å². The molecule has 2 N–H and O–H groups in total. The maximum atomic E-state index is 13.4. The number of ether oxygens (including phenoxy) is 2. The fourth-order valence-corrected chi connectivity index (χ4v) is 3.73. The van der Waals surface area contributed by atoms with E-state index in [1.165, 1.54) is 52.9 Å². The number of halogens is 4. The Morgan fingerprint density at radius 3 is 2.47 bits per heavy atom. The van der Waals surface area contributed by atoms with Crippen LogP contribution in [0.15, 0.2) is 48.5 Å². The Bertz CT molecular complexity index is 1230. The lowest BCUT2D eigenvalue weighted by atomic mass is 10.2. The Morgan fingerprint density at radius 2 is 1.81 bits per heavy atom. The third kappa shape index (κ3) is 5.36. The Hall–Kier alpha value is -3.84. The predicted molar refractivity (Wildman–Crippen MR) is 118 cm³/mol. The second-order valence-electron chi connectivity index (χ2n) is 7.94. The van der Waals surface area contributed by atoms with Gasteiger partial charge < -0.3 is 24.6 Å². The van der Waals surface area contributed by atoms with Gasteiger partial charge in [0, 0.05) is 26.3 Å². The van der Waals surface area contributed by atoms with E-state index >= 15 is 0 Å². The van der Waals surface area contributed by atoms with Gasteiger partial charge in [0.1, 0.15) is 17.3 Å². The number of aliphatic hydroxyl groups is 2. The first-order valence-corrected chi connectivity index (χ1v) is 10.8. The van der Waals surface area contributed by atoms with Crippen molar-refractivity contribution in [3.63, 3.8) is 0 Å². The highest BCUT2D eigenvalue weighted by Crippen LogP contribution is 2.36. The van der Waals surface area contributed by atoms with Crippen LogP contribution in [0.5, 0.6) is 17.5 Å². The molecule has 1 aliphatic heterocycles. The molecule has 192 valence electrons. The van der Waals surface area contributed by atoms with E-state index in [2.05, 4.69) is 9.72 Å². The number of benzene rings is 2. The minimum absolute atomic E-state index is 0.000202. The molecule has 36 heavy (non-hydrogen) atoms. The van der Waals surface area contributed by atoms with Crippen LogP contribution in [-0.4, -0.2) is 63.5 Å². The summed E-state index contributed by atoms with van der Waals surface area (Å²) >= 11 is 0. The van der Waals surface area contributed by atoms with Crippen molar-refractivity contribution in [2.45, 2.75) is 25.7 Å². The summed E-state index contributed by atoms with van der Waals surface area (Å²) in [6.07, 6.45) is -6.06. The van der Waals surface area contributed by atoms with Crippen LogP contribution in [0.3, 0.4) is 0 Å². The number of hydrogen-bond donors (Lipinski definition) is 2. The molecule has 3 aromatic rings. The fraction of sp³-hybridized carbons (Fsp3) is 0.304. The van der Waals surface area contributed by atoms with Crippen molar-refractivity contribution >= 4 is 11.7 Å². The molecule has 9 nitrogen and oxygen atoms in total. The summed E-state index contributed by atoms with van der Waals surface area (Å²) in [6, 6.07) is 10.1. The lowest BCUT2D eigenvalue weighted by molar-refractivity contribution is -0.274. The summed E-state index contributed by atoms with van der Waals surface area (Å²) in [6.45, 7) is -0.151. The van der Waals surface area contributed by atoms with Gasteiger partial charge in [-0.2, -0.15) is 4.98 Å². The maximum absolute atomic E-state index is 13.4. The highest BCUT2D eigenvalue weighted by Gasteiger charge is 2.40. The molecule has 1 aliphatic rings. The number of nitrogens with zero attached hydrogens (tertiary/aromatic N) is 4. The first kappa shape index (κ1) is 25.3. The summed E-state index contributed by atoms with van der Waals surface area (Å²) in [5.74, 6) is -1.54. The van der Waals surface area contributed by atoms with Crippen LogP contribution in [0, 0.1) is 5.82 Å². The highest BCUT2D eigenvalue weighted by molar-refractivity contribution is 5.99. The van der Waals surface area contributed by atoms with Crippen molar-refractivity contribution < 1.29 is 42.0 Å². The first-order valence-electron chi connectivity index (χ1n) is 10.8. The minimum atomic E-state index is -4.90. The van der Waals surface area contributed by atoms with Gasteiger partial charge in [0.05, 0.1) is 6.54 Å². The Kier molecular flexibility index (Phi) is 7.04. The first-order chi connectivity index (χ1) is 17.1. The molecular formula is C23H22F4N4O5. The molecule has 4 rings (SSSR count). The summed E-state index contributed by atoms with van der Waals surface area (Å²) in [5.41, 5.74) is 0.627. The van der Waals surface area contributed by atoms with Crippen molar-refractivity contribution in [2.75, 3.05) is 25.1 Å². The number of rotatable bonds is 8. The molecule has 2 aromatic carbocycles. The number of amides is 1. The lowest BCUT2D eigenvalue weighted by Crippen LogP contribution is -2.54. The van der Waals surface area contributed by atoms with E-state index in [0.717, 1.165) is 17.0 Å². The van der Waals surface area contributed by atoms with E-state index in [-0.39, 0.29) is 49.4 Å². The average Bonchev–Trinajstić information content (AvgIpc) is 3.16. The molecular weight excluding hydrogens is 488 g/mol. The number of imidazole rings is 1. The normalized spacial score (nSPS) is 15.8. The summed E-state index contributed by atoms with van der Waals surface area (Å²) in [4.78, 5) is 20.2. The van der Waals surface area contributed by atoms with Gasteiger partial charge in [-0.1, -0.05) is 18.2 Å². The zero-order valence-corrected chi connectivity index (χ0v) is 18.9. The van der Waals surface area contributed by atoms with Crippen LogP contribution in [0.25, 0.3) is 0 Å². The number of alkyl halides is 3. The third-order valence-corrected chi connectivity index (χ3v) is 5.40. The third-order valence-electron chi connectivity index (χ3n) is 5.40. The number of anilines is 1. The highest BCUT2D eigenvalue weighted by atomic mass is 19.4. The second-order valence-corrected chi connectivity index (χ2v) is 7.94. The van der Waals surface area contributed by atoms with Crippen LogP contribution >= 0.6 is 0 Å². The fourth-order valence-electron chi connectivity index (χ4n) is 3.73. The molecule has 0 spiro atoms. The average molecular weight is 510 g/mol. The molecule has 2 heterocycles. The molecule has 0 fully saturated rings. The van der Waals surface area contributed by atoms with Gasteiger partial charge in [-0.25, -0.2) is 4.39 Å². The van der Waals surface area contributed by atoms with Gasteiger partial charge >= 0.3 is 12.4 Å².